The van der Waals surface area contributed by atoms with E-state index in [0.717, 1.165) is 13.1 Å². The molecule has 3 N–H and O–H groups in total. The van der Waals surface area contributed by atoms with Crippen LogP contribution in [0.4, 0.5) is 0 Å². The molecule has 0 aliphatic heterocycles. The van der Waals surface area contributed by atoms with Gasteiger partial charge in [0.25, 0.3) is 0 Å². The smallest absolute Gasteiger partial charge is 0.0213 e. The van der Waals surface area contributed by atoms with Gasteiger partial charge in [-0.1, -0.05) is 25.5 Å². The van der Waals surface area contributed by atoms with E-state index in [2.05, 4.69) is 25.2 Å². The molecule has 1 unspecified atom stereocenters. The van der Waals surface area contributed by atoms with Crippen molar-refractivity contribution >= 4 is 0 Å². The fraction of sp³-hybridized carbons (Fsp3) is 0.833. The Bertz CT molecular complexity index is 185. The minimum Gasteiger partial charge on any atom is -0.329 e. The van der Waals surface area contributed by atoms with Crippen LogP contribution < -0.4 is 11.1 Å². The van der Waals surface area contributed by atoms with Gasteiger partial charge < -0.3 is 11.1 Å². The van der Waals surface area contributed by atoms with Crippen molar-refractivity contribution in [3.8, 4) is 0 Å². The van der Waals surface area contributed by atoms with Gasteiger partial charge in [0.05, 0.1) is 0 Å². The molecule has 0 aromatic rings. The van der Waals surface area contributed by atoms with Crippen molar-refractivity contribution in [2.24, 2.45) is 11.7 Å². The lowest BCUT2D eigenvalue weighted by molar-refractivity contribution is 0.408. The van der Waals surface area contributed by atoms with Crippen LogP contribution in [-0.4, -0.2) is 19.1 Å². The van der Waals surface area contributed by atoms with E-state index in [1.807, 2.05) is 0 Å². The Morgan fingerprint density at radius 3 is 2.79 bits per heavy atom. The number of nitrogens with two attached hydrogens (primary N) is 1. The molecule has 14 heavy (non-hydrogen) atoms. The van der Waals surface area contributed by atoms with Gasteiger partial charge in [-0.15, -0.1) is 0 Å². The van der Waals surface area contributed by atoms with Crippen molar-refractivity contribution in [1.82, 2.24) is 5.32 Å². The summed E-state index contributed by atoms with van der Waals surface area (Å²) in [5.41, 5.74) is 7.33. The van der Waals surface area contributed by atoms with Crippen LogP contribution in [0, 0.1) is 5.92 Å². The monoisotopic (exact) mass is 196 g/mol. The van der Waals surface area contributed by atoms with Gasteiger partial charge in [-0.05, 0) is 38.1 Å². The summed E-state index contributed by atoms with van der Waals surface area (Å²) in [7, 11) is 0. The Balaban J connectivity index is 2.12. The Labute approximate surface area is 87.9 Å². The van der Waals surface area contributed by atoms with E-state index in [1.165, 1.54) is 25.7 Å². The number of hydrogen-bond donors (Lipinski definition) is 2. The molecule has 2 heteroatoms. The van der Waals surface area contributed by atoms with Crippen LogP contribution in [0.2, 0.25) is 0 Å². The Morgan fingerprint density at radius 2 is 2.29 bits per heavy atom. The van der Waals surface area contributed by atoms with Crippen molar-refractivity contribution in [2.45, 2.75) is 45.6 Å². The second-order valence-electron chi connectivity index (χ2n) is 4.54. The van der Waals surface area contributed by atoms with Gasteiger partial charge in [-0.3, -0.25) is 0 Å². The summed E-state index contributed by atoms with van der Waals surface area (Å²) in [6, 6.07) is 0.483. The molecule has 0 radical (unpaired) electrons. The van der Waals surface area contributed by atoms with Crippen LogP contribution in [0.15, 0.2) is 11.6 Å². The van der Waals surface area contributed by atoms with E-state index in [1.54, 1.807) is 5.57 Å². The molecule has 1 rings (SSSR count). The molecule has 0 fully saturated rings. The maximum atomic E-state index is 5.69. The second-order valence-corrected chi connectivity index (χ2v) is 4.54. The zero-order chi connectivity index (χ0) is 10.4. The third kappa shape index (κ3) is 3.81. The van der Waals surface area contributed by atoms with Gasteiger partial charge in [-0.25, -0.2) is 0 Å². The molecule has 1 aliphatic carbocycles. The first-order valence-electron chi connectivity index (χ1n) is 5.85. The van der Waals surface area contributed by atoms with Gasteiger partial charge in [0.2, 0.25) is 0 Å². The van der Waals surface area contributed by atoms with Gasteiger partial charge in [-0.2, -0.15) is 0 Å². The van der Waals surface area contributed by atoms with Gasteiger partial charge in [0, 0.05) is 12.6 Å². The Kier molecular flexibility index (Phi) is 5.20. The zero-order valence-electron chi connectivity index (χ0n) is 9.55. The van der Waals surface area contributed by atoms with Crippen LogP contribution in [0.3, 0.4) is 0 Å². The highest BCUT2D eigenvalue weighted by atomic mass is 14.9. The molecule has 1 aliphatic rings. The topological polar surface area (TPSA) is 38.0 Å². The van der Waals surface area contributed by atoms with Crippen molar-refractivity contribution in [3.63, 3.8) is 0 Å². The third-order valence-electron chi connectivity index (χ3n) is 3.05. The lowest BCUT2D eigenvalue weighted by atomic mass is 10.0. The molecule has 0 saturated carbocycles. The summed E-state index contributed by atoms with van der Waals surface area (Å²) in [5.74, 6) is 0.637. The third-order valence-corrected chi connectivity index (χ3v) is 3.05. The molecule has 0 amide bonds. The quantitative estimate of drug-likeness (QED) is 0.638. The number of nitrogens with one attached hydrogen (secondary N) is 1. The summed E-state index contributed by atoms with van der Waals surface area (Å²) >= 11 is 0. The average Bonchev–Trinajstić information content (AvgIpc) is 2.64. The molecule has 0 aromatic carbocycles. The molecule has 0 spiro atoms. The van der Waals surface area contributed by atoms with Crippen molar-refractivity contribution in [2.75, 3.05) is 13.1 Å². The SMILES string of the molecule is CC(C)C(CN)NCCC1=CCCC1. The van der Waals surface area contributed by atoms with E-state index in [4.69, 9.17) is 5.73 Å². The summed E-state index contributed by atoms with van der Waals surface area (Å²) in [6.45, 7) is 6.28. The van der Waals surface area contributed by atoms with E-state index in [0.29, 0.717) is 12.0 Å². The van der Waals surface area contributed by atoms with Crippen LogP contribution >= 0.6 is 0 Å². The fourth-order valence-corrected chi connectivity index (χ4v) is 1.97. The van der Waals surface area contributed by atoms with Crippen LogP contribution in [0.1, 0.15) is 39.5 Å². The molecule has 82 valence electrons. The minimum atomic E-state index is 0.483. The first-order chi connectivity index (χ1) is 6.74. The molecule has 1 atom stereocenters. The van der Waals surface area contributed by atoms with E-state index >= 15 is 0 Å². The molecule has 0 saturated heterocycles. The van der Waals surface area contributed by atoms with Crippen LogP contribution in [0.25, 0.3) is 0 Å². The van der Waals surface area contributed by atoms with Gasteiger partial charge in [0.15, 0.2) is 0 Å². The highest BCUT2D eigenvalue weighted by molar-refractivity contribution is 5.07. The lowest BCUT2D eigenvalue weighted by Crippen LogP contribution is -2.40. The Hall–Kier alpha value is -0.340. The van der Waals surface area contributed by atoms with Crippen LogP contribution in [-0.2, 0) is 0 Å². The minimum absolute atomic E-state index is 0.483. The average molecular weight is 196 g/mol. The maximum Gasteiger partial charge on any atom is 0.0213 e. The largest absolute Gasteiger partial charge is 0.329 e. The first kappa shape index (κ1) is 11.7. The highest BCUT2D eigenvalue weighted by Crippen LogP contribution is 2.19. The highest BCUT2D eigenvalue weighted by Gasteiger charge is 2.10. The molecule has 2 nitrogen and oxygen atoms in total. The number of allylic oxidation sites excluding steroid dienone is 1. The lowest BCUT2D eigenvalue weighted by Gasteiger charge is -2.20. The molecular formula is C12H24N2. The molecule has 0 aromatic heterocycles. The predicted molar refractivity (Wildman–Crippen MR) is 62.2 cm³/mol. The van der Waals surface area contributed by atoms with Crippen molar-refractivity contribution in [3.05, 3.63) is 11.6 Å². The van der Waals surface area contributed by atoms with E-state index in [9.17, 15) is 0 Å². The van der Waals surface area contributed by atoms with E-state index < -0.39 is 0 Å². The predicted octanol–water partition coefficient (Wildman–Crippen LogP) is 2.06. The number of hydrogen-bond acceptors (Lipinski definition) is 2. The summed E-state index contributed by atoms with van der Waals surface area (Å²) in [4.78, 5) is 0. The van der Waals surface area contributed by atoms with E-state index in [-0.39, 0.29) is 0 Å². The summed E-state index contributed by atoms with van der Waals surface area (Å²) in [5, 5.41) is 3.53. The molecule has 0 heterocycles. The molecule has 0 bridgehead atoms. The van der Waals surface area contributed by atoms with Crippen LogP contribution in [0.5, 0.6) is 0 Å². The number of rotatable bonds is 6. The second kappa shape index (κ2) is 6.20. The van der Waals surface area contributed by atoms with Crippen molar-refractivity contribution in [1.29, 1.82) is 0 Å². The standard InChI is InChI=1S/C12H24N2/c1-10(2)12(9-13)14-8-7-11-5-3-4-6-11/h5,10,12,14H,3-4,6-9,13H2,1-2H3. The van der Waals surface area contributed by atoms with Gasteiger partial charge >= 0.3 is 0 Å². The zero-order valence-corrected chi connectivity index (χ0v) is 9.55. The fourth-order valence-electron chi connectivity index (χ4n) is 1.97. The molecular weight excluding hydrogens is 172 g/mol. The Morgan fingerprint density at radius 1 is 1.50 bits per heavy atom. The summed E-state index contributed by atoms with van der Waals surface area (Å²) in [6.07, 6.45) is 7.58. The maximum absolute atomic E-state index is 5.69. The summed E-state index contributed by atoms with van der Waals surface area (Å²) < 4.78 is 0. The first-order valence-corrected chi connectivity index (χ1v) is 5.85. The van der Waals surface area contributed by atoms with Gasteiger partial charge in [0.1, 0.15) is 0 Å². The normalized spacial score (nSPS) is 18.7. The van der Waals surface area contributed by atoms with Crippen molar-refractivity contribution < 1.29 is 0 Å².